The number of esters is 1. The molecule has 8 heteroatoms. The number of hydrogen-bond acceptors (Lipinski definition) is 5. The summed E-state index contributed by atoms with van der Waals surface area (Å²) in [6, 6.07) is 13.3. The van der Waals surface area contributed by atoms with Gasteiger partial charge in [-0.25, -0.2) is 13.2 Å². The zero-order valence-corrected chi connectivity index (χ0v) is 17.8. The number of fused-ring (bicyclic) bond motifs is 1. The first kappa shape index (κ1) is 20.4. The smallest absolute Gasteiger partial charge is 0.343 e. The van der Waals surface area contributed by atoms with Crippen molar-refractivity contribution in [3.63, 3.8) is 0 Å². The quantitative estimate of drug-likeness (QED) is 0.404. The second-order valence-electron chi connectivity index (χ2n) is 5.96. The number of pyridine rings is 1. The fourth-order valence-corrected chi connectivity index (χ4v) is 5.26. The molecule has 0 saturated carbocycles. The average Bonchev–Trinajstić information content (AvgIpc) is 2.69. The molecular weight excluding hydrogens is 444 g/mol. The molecule has 28 heavy (non-hydrogen) atoms. The summed E-state index contributed by atoms with van der Waals surface area (Å²) in [6.45, 7) is 4.20. The molecule has 0 bridgehead atoms. The van der Waals surface area contributed by atoms with Gasteiger partial charge >= 0.3 is 5.97 Å². The summed E-state index contributed by atoms with van der Waals surface area (Å²) in [5.74, 6) is -0.333. The minimum atomic E-state index is -3.73. The van der Waals surface area contributed by atoms with Crippen molar-refractivity contribution in [3.05, 3.63) is 64.8 Å². The van der Waals surface area contributed by atoms with Crippen LogP contribution in [-0.2, 0) is 10.0 Å². The third kappa shape index (κ3) is 3.94. The summed E-state index contributed by atoms with van der Waals surface area (Å²) >= 11 is 3.27. The maximum atomic E-state index is 12.9. The minimum Gasteiger partial charge on any atom is -0.421 e. The largest absolute Gasteiger partial charge is 0.421 e. The van der Waals surface area contributed by atoms with Gasteiger partial charge in [0.1, 0.15) is 5.52 Å². The first-order valence-electron chi connectivity index (χ1n) is 8.74. The zero-order valence-electron chi connectivity index (χ0n) is 15.4. The molecular formula is C20H19BrN2O4S. The van der Waals surface area contributed by atoms with Crippen LogP contribution in [0.15, 0.2) is 64.1 Å². The van der Waals surface area contributed by atoms with E-state index >= 15 is 0 Å². The van der Waals surface area contributed by atoms with Crippen molar-refractivity contribution in [2.75, 3.05) is 13.1 Å². The van der Waals surface area contributed by atoms with Crippen LogP contribution in [0.2, 0.25) is 0 Å². The van der Waals surface area contributed by atoms with E-state index in [1.165, 1.54) is 22.5 Å². The Kier molecular flexibility index (Phi) is 6.12. The zero-order chi connectivity index (χ0) is 20.3. The van der Waals surface area contributed by atoms with Crippen LogP contribution in [0.1, 0.15) is 24.2 Å². The Bertz CT molecular complexity index is 1120. The number of hydrogen-bond donors (Lipinski definition) is 0. The highest BCUT2D eigenvalue weighted by Crippen LogP contribution is 2.28. The lowest BCUT2D eigenvalue weighted by molar-refractivity contribution is 0.0736. The lowest BCUT2D eigenvalue weighted by Crippen LogP contribution is -2.31. The molecule has 146 valence electrons. The predicted molar refractivity (Wildman–Crippen MR) is 111 cm³/mol. The Labute approximate surface area is 172 Å². The Morgan fingerprint density at radius 1 is 1.11 bits per heavy atom. The number of halogens is 1. The third-order valence-corrected chi connectivity index (χ3v) is 7.33. The van der Waals surface area contributed by atoms with Gasteiger partial charge in [-0.15, -0.1) is 0 Å². The highest BCUT2D eigenvalue weighted by atomic mass is 79.9. The molecule has 0 aliphatic heterocycles. The lowest BCUT2D eigenvalue weighted by Gasteiger charge is -2.19. The number of benzene rings is 2. The van der Waals surface area contributed by atoms with Gasteiger partial charge in [0.05, 0.1) is 10.5 Å². The van der Waals surface area contributed by atoms with E-state index in [9.17, 15) is 13.2 Å². The van der Waals surface area contributed by atoms with Crippen LogP contribution in [0.4, 0.5) is 0 Å². The highest BCUT2D eigenvalue weighted by molar-refractivity contribution is 9.10. The van der Waals surface area contributed by atoms with Gasteiger partial charge in [-0.05, 0) is 46.3 Å². The second-order valence-corrected chi connectivity index (χ2v) is 8.72. The molecule has 0 aliphatic rings. The number of carbonyl (C=O) groups excluding carboxylic acids is 1. The van der Waals surface area contributed by atoms with E-state index in [0.717, 1.165) is 5.39 Å². The predicted octanol–water partition coefficient (Wildman–Crippen LogP) is 4.25. The Balaban J connectivity index is 1.97. The number of carbonyl (C=O) groups is 1. The van der Waals surface area contributed by atoms with Crippen LogP contribution in [0.25, 0.3) is 10.9 Å². The molecule has 1 aromatic heterocycles. The third-order valence-electron chi connectivity index (χ3n) is 4.29. The normalized spacial score (nSPS) is 11.7. The van der Waals surface area contributed by atoms with Gasteiger partial charge in [-0.1, -0.05) is 32.0 Å². The van der Waals surface area contributed by atoms with Gasteiger partial charge in [-0.2, -0.15) is 4.31 Å². The molecule has 0 saturated heterocycles. The first-order chi connectivity index (χ1) is 13.4. The number of rotatable bonds is 6. The van der Waals surface area contributed by atoms with Crippen molar-refractivity contribution < 1.29 is 17.9 Å². The van der Waals surface area contributed by atoms with Crippen molar-refractivity contribution >= 4 is 42.8 Å². The van der Waals surface area contributed by atoms with Crippen LogP contribution >= 0.6 is 15.9 Å². The molecule has 6 nitrogen and oxygen atoms in total. The first-order valence-corrected chi connectivity index (χ1v) is 11.0. The number of sulfonamides is 1. The molecule has 3 aromatic rings. The van der Waals surface area contributed by atoms with Crippen molar-refractivity contribution in [1.82, 2.24) is 9.29 Å². The highest BCUT2D eigenvalue weighted by Gasteiger charge is 2.26. The molecule has 0 radical (unpaired) electrons. The van der Waals surface area contributed by atoms with Gasteiger partial charge in [-0.3, -0.25) is 4.98 Å². The van der Waals surface area contributed by atoms with E-state index in [2.05, 4.69) is 20.9 Å². The molecule has 1 heterocycles. The number of para-hydroxylation sites is 1. The topological polar surface area (TPSA) is 76.6 Å². The summed E-state index contributed by atoms with van der Waals surface area (Å²) in [7, 11) is -3.73. The van der Waals surface area contributed by atoms with E-state index in [1.807, 2.05) is 12.1 Å². The Morgan fingerprint density at radius 3 is 2.54 bits per heavy atom. The summed E-state index contributed by atoms with van der Waals surface area (Å²) in [6.07, 6.45) is 1.62. The van der Waals surface area contributed by atoms with Crippen molar-refractivity contribution in [2.45, 2.75) is 18.7 Å². The Morgan fingerprint density at radius 2 is 1.82 bits per heavy atom. The molecule has 0 spiro atoms. The van der Waals surface area contributed by atoms with Gasteiger partial charge in [0, 0.05) is 29.1 Å². The number of nitrogens with zero attached hydrogens (tertiary/aromatic N) is 2. The molecule has 0 unspecified atom stereocenters. The summed E-state index contributed by atoms with van der Waals surface area (Å²) in [5, 5.41) is 0.841. The van der Waals surface area contributed by atoms with E-state index < -0.39 is 16.0 Å². The Hall–Kier alpha value is -2.29. The van der Waals surface area contributed by atoms with E-state index in [0.29, 0.717) is 28.8 Å². The van der Waals surface area contributed by atoms with Crippen molar-refractivity contribution in [1.29, 1.82) is 0 Å². The van der Waals surface area contributed by atoms with E-state index in [1.54, 1.807) is 38.2 Å². The SMILES string of the molecule is CCN(CC)S(=O)(=O)c1cc(C(=O)Oc2cccc3cccnc23)ccc1Br. The maximum Gasteiger partial charge on any atom is 0.343 e. The molecule has 0 amide bonds. The summed E-state index contributed by atoms with van der Waals surface area (Å²) in [5.41, 5.74) is 0.702. The molecule has 0 fully saturated rings. The fourth-order valence-electron chi connectivity index (χ4n) is 2.85. The van der Waals surface area contributed by atoms with Crippen LogP contribution < -0.4 is 4.74 Å². The fraction of sp³-hybridized carbons (Fsp3) is 0.200. The van der Waals surface area contributed by atoms with Gasteiger partial charge < -0.3 is 4.74 Å². The van der Waals surface area contributed by atoms with Crippen LogP contribution in [0.3, 0.4) is 0 Å². The molecule has 3 rings (SSSR count). The van der Waals surface area contributed by atoms with Crippen molar-refractivity contribution in [3.8, 4) is 5.75 Å². The van der Waals surface area contributed by atoms with Gasteiger partial charge in [0.25, 0.3) is 0 Å². The monoisotopic (exact) mass is 462 g/mol. The second kappa shape index (κ2) is 8.38. The molecule has 2 aromatic carbocycles. The minimum absolute atomic E-state index is 0.0293. The number of ether oxygens (including phenoxy) is 1. The van der Waals surface area contributed by atoms with E-state index in [4.69, 9.17) is 4.74 Å². The van der Waals surface area contributed by atoms with Crippen LogP contribution in [0, 0.1) is 0 Å². The van der Waals surface area contributed by atoms with E-state index in [-0.39, 0.29) is 10.5 Å². The summed E-state index contributed by atoms with van der Waals surface area (Å²) < 4.78 is 32.9. The maximum absolute atomic E-state index is 12.9. The molecule has 0 aliphatic carbocycles. The van der Waals surface area contributed by atoms with Crippen molar-refractivity contribution in [2.24, 2.45) is 0 Å². The summed E-state index contributed by atoms with van der Waals surface area (Å²) in [4.78, 5) is 17.0. The van der Waals surface area contributed by atoms with Gasteiger partial charge in [0.15, 0.2) is 5.75 Å². The molecule has 0 atom stereocenters. The number of aromatic nitrogens is 1. The lowest BCUT2D eigenvalue weighted by atomic mass is 10.2. The standard InChI is InChI=1S/C20H19BrN2O4S/c1-3-23(4-2)28(25,26)18-13-15(10-11-16(18)21)20(24)27-17-9-5-7-14-8-6-12-22-19(14)17/h5-13H,3-4H2,1-2H3. The van der Waals surface area contributed by atoms with Gasteiger partial charge in [0.2, 0.25) is 10.0 Å². The average molecular weight is 463 g/mol. The van der Waals surface area contributed by atoms with Crippen LogP contribution in [0.5, 0.6) is 5.75 Å². The van der Waals surface area contributed by atoms with Crippen LogP contribution in [-0.4, -0.2) is 36.8 Å². The molecule has 0 N–H and O–H groups in total.